The number of hydrogen-bond acceptors (Lipinski definition) is 1. The third kappa shape index (κ3) is 1.65. The Labute approximate surface area is 90.4 Å². The molecule has 0 heterocycles. The first-order chi connectivity index (χ1) is 6.49. The van der Waals surface area contributed by atoms with Gasteiger partial charge in [-0.1, -0.05) is 13.8 Å². The minimum atomic E-state index is -0.0582. The Kier molecular flexibility index (Phi) is 2.30. The van der Waals surface area contributed by atoms with Crippen LogP contribution in [0.5, 0.6) is 0 Å². The van der Waals surface area contributed by atoms with Gasteiger partial charge in [-0.3, -0.25) is 4.79 Å². The Hall–Kier alpha value is -0.240. The molecule has 0 aliphatic heterocycles. The first-order valence-electron chi connectivity index (χ1n) is 5.37. The van der Waals surface area contributed by atoms with Crippen LogP contribution in [-0.4, -0.2) is 17.3 Å². The zero-order chi connectivity index (χ0) is 10.4. The predicted octanol–water partition coefficient (Wildman–Crippen LogP) is 2.31. The predicted molar refractivity (Wildman–Crippen MR) is 57.3 cm³/mol. The molecule has 0 aromatic rings. The largest absolute Gasteiger partial charge is 0.349 e. The van der Waals surface area contributed by atoms with Crippen molar-refractivity contribution in [1.29, 1.82) is 0 Å². The van der Waals surface area contributed by atoms with Gasteiger partial charge in [0, 0.05) is 11.8 Å². The first-order valence-corrected chi connectivity index (χ1v) is 5.91. The summed E-state index contributed by atoms with van der Waals surface area (Å²) in [6, 6.07) is 0. The minimum Gasteiger partial charge on any atom is -0.349 e. The molecule has 0 aromatic heterocycles. The molecule has 0 saturated heterocycles. The summed E-state index contributed by atoms with van der Waals surface area (Å²) in [7, 11) is 0. The van der Waals surface area contributed by atoms with Crippen molar-refractivity contribution >= 4 is 17.5 Å². The molecule has 2 nitrogen and oxygen atoms in total. The maximum atomic E-state index is 11.8. The van der Waals surface area contributed by atoms with Crippen molar-refractivity contribution in [1.82, 2.24) is 5.32 Å². The average Bonchev–Trinajstić information content (AvgIpc) is 2.68. The molecule has 14 heavy (non-hydrogen) atoms. The lowest BCUT2D eigenvalue weighted by Crippen LogP contribution is -2.55. The molecular formula is C11H18ClNO. The van der Waals surface area contributed by atoms with Gasteiger partial charge in [-0.05, 0) is 31.1 Å². The highest BCUT2D eigenvalue weighted by molar-refractivity contribution is 6.18. The van der Waals surface area contributed by atoms with Crippen LogP contribution in [0.25, 0.3) is 0 Å². The number of carbonyl (C=O) groups excluding carboxylic acids is 1. The van der Waals surface area contributed by atoms with Crippen LogP contribution < -0.4 is 5.32 Å². The second kappa shape index (κ2) is 3.13. The fourth-order valence-corrected chi connectivity index (χ4v) is 2.49. The number of alkyl halides is 1. The number of amides is 1. The van der Waals surface area contributed by atoms with E-state index in [9.17, 15) is 4.79 Å². The van der Waals surface area contributed by atoms with E-state index in [4.69, 9.17) is 11.6 Å². The highest BCUT2D eigenvalue weighted by atomic mass is 35.5. The molecule has 1 N–H and O–H groups in total. The van der Waals surface area contributed by atoms with Gasteiger partial charge in [-0.15, -0.1) is 11.6 Å². The van der Waals surface area contributed by atoms with Gasteiger partial charge in [-0.2, -0.15) is 0 Å². The van der Waals surface area contributed by atoms with Crippen molar-refractivity contribution < 1.29 is 4.79 Å². The summed E-state index contributed by atoms with van der Waals surface area (Å²) < 4.78 is 0. The highest BCUT2D eigenvalue weighted by Gasteiger charge is 2.52. The van der Waals surface area contributed by atoms with E-state index in [2.05, 4.69) is 19.2 Å². The van der Waals surface area contributed by atoms with Gasteiger partial charge < -0.3 is 5.32 Å². The van der Waals surface area contributed by atoms with E-state index in [-0.39, 0.29) is 22.8 Å². The molecule has 2 rings (SSSR count). The van der Waals surface area contributed by atoms with Crippen LogP contribution in [0.15, 0.2) is 0 Å². The summed E-state index contributed by atoms with van der Waals surface area (Å²) in [5.41, 5.74) is 0.165. The SMILES string of the molecule is CC1(C)CC1C(=O)NC1(CCl)CCC1. The molecule has 0 radical (unpaired) electrons. The Morgan fingerprint density at radius 1 is 1.50 bits per heavy atom. The summed E-state index contributed by atoms with van der Waals surface area (Å²) in [5.74, 6) is 1.00. The molecule has 1 unspecified atom stereocenters. The number of hydrogen-bond donors (Lipinski definition) is 1. The molecule has 3 heteroatoms. The van der Waals surface area contributed by atoms with Gasteiger partial charge in [0.1, 0.15) is 0 Å². The Bertz CT molecular complexity index is 253. The normalized spacial score (nSPS) is 31.8. The Morgan fingerprint density at radius 2 is 2.07 bits per heavy atom. The zero-order valence-electron chi connectivity index (χ0n) is 8.90. The van der Waals surface area contributed by atoms with Crippen molar-refractivity contribution in [3.63, 3.8) is 0 Å². The molecule has 2 saturated carbocycles. The third-order valence-corrected chi connectivity index (χ3v) is 4.30. The van der Waals surface area contributed by atoms with Crippen molar-refractivity contribution in [3.8, 4) is 0 Å². The number of halogens is 1. The van der Waals surface area contributed by atoms with E-state index in [0.717, 1.165) is 19.3 Å². The monoisotopic (exact) mass is 215 g/mol. The summed E-state index contributed by atoms with van der Waals surface area (Å²) in [6.45, 7) is 4.29. The summed E-state index contributed by atoms with van der Waals surface area (Å²) in [6.07, 6.45) is 4.32. The number of rotatable bonds is 3. The molecule has 2 fully saturated rings. The second-order valence-corrected chi connectivity index (χ2v) is 5.77. The Morgan fingerprint density at radius 3 is 2.36 bits per heavy atom. The minimum absolute atomic E-state index is 0.0582. The van der Waals surface area contributed by atoms with Crippen LogP contribution in [0.1, 0.15) is 39.5 Å². The van der Waals surface area contributed by atoms with Gasteiger partial charge in [0.05, 0.1) is 5.54 Å². The molecule has 2 aliphatic rings. The smallest absolute Gasteiger partial charge is 0.224 e. The lowest BCUT2D eigenvalue weighted by molar-refractivity contribution is -0.125. The average molecular weight is 216 g/mol. The van der Waals surface area contributed by atoms with Gasteiger partial charge in [-0.25, -0.2) is 0 Å². The van der Waals surface area contributed by atoms with Crippen molar-refractivity contribution in [2.75, 3.05) is 5.88 Å². The van der Waals surface area contributed by atoms with Crippen LogP contribution in [0, 0.1) is 11.3 Å². The lowest BCUT2D eigenvalue weighted by Gasteiger charge is -2.41. The van der Waals surface area contributed by atoms with E-state index < -0.39 is 0 Å². The van der Waals surface area contributed by atoms with Gasteiger partial charge >= 0.3 is 0 Å². The molecule has 80 valence electrons. The van der Waals surface area contributed by atoms with E-state index in [0.29, 0.717) is 5.88 Å². The van der Waals surface area contributed by atoms with E-state index in [1.54, 1.807) is 0 Å². The van der Waals surface area contributed by atoms with Crippen LogP contribution in [0.3, 0.4) is 0 Å². The van der Waals surface area contributed by atoms with E-state index >= 15 is 0 Å². The molecule has 1 amide bonds. The summed E-state index contributed by atoms with van der Waals surface area (Å²) in [5, 5.41) is 3.13. The van der Waals surface area contributed by atoms with E-state index in [1.807, 2.05) is 0 Å². The number of nitrogens with one attached hydrogen (secondary N) is 1. The maximum Gasteiger partial charge on any atom is 0.224 e. The fraction of sp³-hybridized carbons (Fsp3) is 0.909. The molecule has 2 aliphatic carbocycles. The van der Waals surface area contributed by atoms with Crippen LogP contribution in [-0.2, 0) is 4.79 Å². The molecule has 0 aromatic carbocycles. The maximum absolute atomic E-state index is 11.8. The fourth-order valence-electron chi connectivity index (χ4n) is 2.16. The van der Waals surface area contributed by atoms with Crippen LogP contribution in [0.4, 0.5) is 0 Å². The third-order valence-electron chi connectivity index (χ3n) is 3.78. The van der Waals surface area contributed by atoms with Crippen molar-refractivity contribution in [2.45, 2.75) is 45.1 Å². The van der Waals surface area contributed by atoms with E-state index in [1.165, 1.54) is 6.42 Å². The quantitative estimate of drug-likeness (QED) is 0.720. The second-order valence-electron chi connectivity index (χ2n) is 5.50. The molecule has 0 spiro atoms. The number of carbonyl (C=O) groups is 1. The first kappa shape index (κ1) is 10.3. The van der Waals surface area contributed by atoms with Crippen LogP contribution >= 0.6 is 11.6 Å². The van der Waals surface area contributed by atoms with Crippen molar-refractivity contribution in [3.05, 3.63) is 0 Å². The van der Waals surface area contributed by atoms with Gasteiger partial charge in [0.15, 0.2) is 0 Å². The molecule has 1 atom stereocenters. The van der Waals surface area contributed by atoms with Gasteiger partial charge in [0.2, 0.25) is 5.91 Å². The zero-order valence-corrected chi connectivity index (χ0v) is 9.66. The summed E-state index contributed by atoms with van der Waals surface area (Å²) in [4.78, 5) is 11.8. The molecule has 0 bridgehead atoms. The molecular weight excluding hydrogens is 198 g/mol. The van der Waals surface area contributed by atoms with Crippen LogP contribution in [0.2, 0.25) is 0 Å². The van der Waals surface area contributed by atoms with Gasteiger partial charge in [0.25, 0.3) is 0 Å². The Balaban J connectivity index is 1.89. The van der Waals surface area contributed by atoms with Crippen molar-refractivity contribution in [2.24, 2.45) is 11.3 Å². The lowest BCUT2D eigenvalue weighted by atomic mass is 9.78. The summed E-state index contributed by atoms with van der Waals surface area (Å²) >= 11 is 5.89. The standard InChI is InChI=1S/C11H18ClNO/c1-10(2)6-8(10)9(14)13-11(7-12)4-3-5-11/h8H,3-7H2,1-2H3,(H,13,14). The highest BCUT2D eigenvalue weighted by Crippen LogP contribution is 2.52. The topological polar surface area (TPSA) is 29.1 Å².